The van der Waals surface area contributed by atoms with Crippen LogP contribution >= 0.6 is 11.6 Å². The first kappa shape index (κ1) is 12.8. The van der Waals surface area contributed by atoms with E-state index in [2.05, 4.69) is 0 Å². The lowest BCUT2D eigenvalue weighted by molar-refractivity contribution is 0.481. The number of aryl methyl sites for hydroxylation is 3. The number of rotatable bonds is 2. The normalized spacial score (nSPS) is 10.4. The molecule has 0 aliphatic rings. The highest BCUT2D eigenvalue weighted by Crippen LogP contribution is 2.30. The molecule has 0 aliphatic heterocycles. The predicted molar refractivity (Wildman–Crippen MR) is 76.6 cm³/mol. The molecule has 2 N–H and O–H groups in total. The van der Waals surface area contributed by atoms with Crippen LogP contribution in [0.5, 0.6) is 11.5 Å². The van der Waals surface area contributed by atoms with E-state index in [1.54, 1.807) is 0 Å². The van der Waals surface area contributed by atoms with Crippen molar-refractivity contribution in [2.24, 2.45) is 0 Å². The molecule has 2 aromatic rings. The van der Waals surface area contributed by atoms with Crippen LogP contribution in [0.2, 0.25) is 5.02 Å². The molecular weight excluding hydrogens is 246 g/mol. The summed E-state index contributed by atoms with van der Waals surface area (Å²) in [7, 11) is 0. The molecule has 0 unspecified atom stereocenters. The zero-order valence-corrected chi connectivity index (χ0v) is 11.5. The van der Waals surface area contributed by atoms with Crippen LogP contribution in [0.1, 0.15) is 16.7 Å². The van der Waals surface area contributed by atoms with E-state index in [1.807, 2.05) is 51.1 Å². The molecule has 0 radical (unpaired) electrons. The fourth-order valence-electron chi connectivity index (χ4n) is 1.81. The van der Waals surface area contributed by atoms with Crippen molar-refractivity contribution in [3.8, 4) is 11.5 Å². The Labute approximate surface area is 112 Å². The zero-order chi connectivity index (χ0) is 13.3. The standard InChI is InChI=1S/C15H16ClNO/c1-9-6-12(4-5-14(9)17)18-13-7-10(2)15(16)11(3)8-13/h4-8H,17H2,1-3H3. The number of hydrogen-bond acceptors (Lipinski definition) is 2. The van der Waals surface area contributed by atoms with Crippen molar-refractivity contribution < 1.29 is 4.74 Å². The number of anilines is 1. The van der Waals surface area contributed by atoms with Gasteiger partial charge in [0, 0.05) is 10.7 Å². The minimum absolute atomic E-state index is 0.769. The van der Waals surface area contributed by atoms with Crippen LogP contribution in [0.25, 0.3) is 0 Å². The molecule has 2 rings (SSSR count). The van der Waals surface area contributed by atoms with Gasteiger partial charge in [0.05, 0.1) is 0 Å². The molecule has 0 bridgehead atoms. The van der Waals surface area contributed by atoms with Crippen LogP contribution in [0.15, 0.2) is 30.3 Å². The Kier molecular flexibility index (Phi) is 3.48. The second kappa shape index (κ2) is 4.91. The van der Waals surface area contributed by atoms with E-state index >= 15 is 0 Å². The van der Waals surface area contributed by atoms with Gasteiger partial charge in [-0.2, -0.15) is 0 Å². The van der Waals surface area contributed by atoms with Gasteiger partial charge in [0.25, 0.3) is 0 Å². The summed E-state index contributed by atoms with van der Waals surface area (Å²) >= 11 is 6.13. The van der Waals surface area contributed by atoms with E-state index in [0.29, 0.717) is 0 Å². The fraction of sp³-hybridized carbons (Fsp3) is 0.200. The molecule has 3 heteroatoms. The number of nitrogens with two attached hydrogens (primary N) is 1. The van der Waals surface area contributed by atoms with Crippen molar-refractivity contribution in [1.29, 1.82) is 0 Å². The number of benzene rings is 2. The Balaban J connectivity index is 2.31. The third kappa shape index (κ3) is 2.59. The molecule has 0 heterocycles. The lowest BCUT2D eigenvalue weighted by Crippen LogP contribution is -1.92. The molecule has 94 valence electrons. The van der Waals surface area contributed by atoms with Crippen molar-refractivity contribution in [2.45, 2.75) is 20.8 Å². The maximum atomic E-state index is 6.13. The number of hydrogen-bond donors (Lipinski definition) is 1. The smallest absolute Gasteiger partial charge is 0.128 e. The summed E-state index contributed by atoms with van der Waals surface area (Å²) in [5.41, 5.74) is 9.58. The monoisotopic (exact) mass is 261 g/mol. The minimum atomic E-state index is 0.769. The van der Waals surface area contributed by atoms with Crippen LogP contribution in [0.4, 0.5) is 5.69 Å². The Hall–Kier alpha value is -1.67. The SMILES string of the molecule is Cc1cc(Oc2cc(C)c(Cl)c(C)c2)ccc1N. The number of halogens is 1. The highest BCUT2D eigenvalue weighted by molar-refractivity contribution is 6.32. The largest absolute Gasteiger partial charge is 0.457 e. The van der Waals surface area contributed by atoms with Crippen LogP contribution in [-0.4, -0.2) is 0 Å². The minimum Gasteiger partial charge on any atom is -0.457 e. The van der Waals surface area contributed by atoms with Gasteiger partial charge >= 0.3 is 0 Å². The highest BCUT2D eigenvalue weighted by atomic mass is 35.5. The van der Waals surface area contributed by atoms with Gasteiger partial charge in [0.15, 0.2) is 0 Å². The molecular formula is C15H16ClNO. The van der Waals surface area contributed by atoms with E-state index in [9.17, 15) is 0 Å². The van der Waals surface area contributed by atoms with Crippen LogP contribution in [0, 0.1) is 20.8 Å². The van der Waals surface area contributed by atoms with Gasteiger partial charge in [0.2, 0.25) is 0 Å². The highest BCUT2D eigenvalue weighted by Gasteiger charge is 2.05. The molecule has 0 atom stereocenters. The van der Waals surface area contributed by atoms with Crippen LogP contribution in [-0.2, 0) is 0 Å². The van der Waals surface area contributed by atoms with Gasteiger partial charge in [-0.1, -0.05) is 11.6 Å². The Bertz CT molecular complexity index is 570. The molecule has 0 saturated carbocycles. The summed E-state index contributed by atoms with van der Waals surface area (Å²) in [6, 6.07) is 9.50. The molecule has 18 heavy (non-hydrogen) atoms. The van der Waals surface area contributed by atoms with Crippen molar-refractivity contribution in [1.82, 2.24) is 0 Å². The first-order valence-corrected chi connectivity index (χ1v) is 6.16. The Morgan fingerprint density at radius 3 is 2.00 bits per heavy atom. The van der Waals surface area contributed by atoms with E-state index in [4.69, 9.17) is 22.1 Å². The van der Waals surface area contributed by atoms with E-state index < -0.39 is 0 Å². The molecule has 0 saturated heterocycles. The van der Waals surface area contributed by atoms with Crippen molar-refractivity contribution in [3.05, 3.63) is 52.0 Å². The summed E-state index contributed by atoms with van der Waals surface area (Å²) in [4.78, 5) is 0. The number of ether oxygens (including phenoxy) is 1. The van der Waals surface area contributed by atoms with Gasteiger partial charge in [-0.3, -0.25) is 0 Å². The average Bonchev–Trinajstić information content (AvgIpc) is 2.31. The summed E-state index contributed by atoms with van der Waals surface area (Å²) in [5, 5.41) is 0.788. The summed E-state index contributed by atoms with van der Waals surface area (Å²) < 4.78 is 5.82. The van der Waals surface area contributed by atoms with E-state index in [0.717, 1.165) is 38.9 Å². The molecule has 0 aromatic heterocycles. The first-order valence-electron chi connectivity index (χ1n) is 5.78. The molecule has 0 amide bonds. The number of nitrogen functional groups attached to an aromatic ring is 1. The Morgan fingerprint density at radius 2 is 1.44 bits per heavy atom. The lowest BCUT2D eigenvalue weighted by atomic mass is 10.1. The third-order valence-corrected chi connectivity index (χ3v) is 3.48. The molecule has 0 aliphatic carbocycles. The Morgan fingerprint density at radius 1 is 0.889 bits per heavy atom. The maximum Gasteiger partial charge on any atom is 0.128 e. The van der Waals surface area contributed by atoms with Crippen molar-refractivity contribution in [3.63, 3.8) is 0 Å². The van der Waals surface area contributed by atoms with Gasteiger partial charge in [-0.05, 0) is 67.8 Å². The van der Waals surface area contributed by atoms with Gasteiger partial charge in [-0.15, -0.1) is 0 Å². The summed E-state index contributed by atoms with van der Waals surface area (Å²) in [6.07, 6.45) is 0. The predicted octanol–water partition coefficient (Wildman–Crippen LogP) is 4.64. The van der Waals surface area contributed by atoms with E-state index in [1.165, 1.54) is 0 Å². The van der Waals surface area contributed by atoms with Gasteiger partial charge in [-0.25, -0.2) is 0 Å². The molecule has 0 spiro atoms. The van der Waals surface area contributed by atoms with Crippen molar-refractivity contribution in [2.75, 3.05) is 5.73 Å². The van der Waals surface area contributed by atoms with Gasteiger partial charge in [0.1, 0.15) is 11.5 Å². The fourth-order valence-corrected chi connectivity index (χ4v) is 1.92. The third-order valence-electron chi connectivity index (χ3n) is 2.89. The second-order valence-electron chi connectivity index (χ2n) is 4.49. The zero-order valence-electron chi connectivity index (χ0n) is 10.8. The second-order valence-corrected chi connectivity index (χ2v) is 4.87. The topological polar surface area (TPSA) is 35.2 Å². The quantitative estimate of drug-likeness (QED) is 0.800. The summed E-state index contributed by atoms with van der Waals surface area (Å²) in [6.45, 7) is 5.90. The average molecular weight is 262 g/mol. The van der Waals surface area contributed by atoms with Crippen LogP contribution in [0.3, 0.4) is 0 Å². The summed E-state index contributed by atoms with van der Waals surface area (Å²) in [5.74, 6) is 1.57. The first-order chi connectivity index (χ1) is 8.47. The van der Waals surface area contributed by atoms with Crippen LogP contribution < -0.4 is 10.5 Å². The maximum absolute atomic E-state index is 6.13. The van der Waals surface area contributed by atoms with Gasteiger partial charge < -0.3 is 10.5 Å². The molecule has 0 fully saturated rings. The van der Waals surface area contributed by atoms with E-state index in [-0.39, 0.29) is 0 Å². The molecule has 2 aromatic carbocycles. The van der Waals surface area contributed by atoms with Crippen molar-refractivity contribution >= 4 is 17.3 Å². The molecule has 2 nitrogen and oxygen atoms in total. The lowest BCUT2D eigenvalue weighted by Gasteiger charge is -2.10.